The van der Waals surface area contributed by atoms with Crippen LogP contribution < -0.4 is 5.32 Å². The van der Waals surface area contributed by atoms with E-state index in [1.54, 1.807) is 0 Å². The highest BCUT2D eigenvalue weighted by Crippen LogP contribution is 2.46. The van der Waals surface area contributed by atoms with Crippen molar-refractivity contribution in [3.05, 3.63) is 70.2 Å². The van der Waals surface area contributed by atoms with Crippen LogP contribution in [0.2, 0.25) is 0 Å². The van der Waals surface area contributed by atoms with Gasteiger partial charge < -0.3 is 5.32 Å². The summed E-state index contributed by atoms with van der Waals surface area (Å²) in [6, 6.07) is 14.3. The number of nitrogens with one attached hydrogen (secondary N) is 1. The van der Waals surface area contributed by atoms with E-state index in [1.807, 2.05) is 44.3 Å². The fourth-order valence-corrected chi connectivity index (χ4v) is 2.78. The van der Waals surface area contributed by atoms with Crippen molar-refractivity contribution in [3.63, 3.8) is 0 Å². The van der Waals surface area contributed by atoms with Gasteiger partial charge in [-0.15, -0.1) is 0 Å². The molecule has 0 fully saturated rings. The maximum atomic E-state index is 9.30. The first-order valence-electron chi connectivity index (χ1n) is 6.65. The monoisotopic (exact) mass is 271 g/mol. The predicted octanol–water partition coefficient (Wildman–Crippen LogP) is 4.22. The molecule has 0 heterocycles. The zero-order valence-electron chi connectivity index (χ0n) is 11.9. The van der Waals surface area contributed by atoms with Crippen molar-refractivity contribution in [2.24, 2.45) is 0 Å². The maximum absolute atomic E-state index is 9.30. The van der Waals surface area contributed by atoms with Crippen molar-refractivity contribution in [1.82, 2.24) is 0 Å². The average molecular weight is 271 g/mol. The van der Waals surface area contributed by atoms with E-state index in [0.717, 1.165) is 39.1 Å². The van der Waals surface area contributed by atoms with Crippen molar-refractivity contribution in [2.45, 2.75) is 6.92 Å². The minimum absolute atomic E-state index is 0.147. The van der Waals surface area contributed by atoms with Gasteiger partial charge in [0.25, 0.3) is 5.70 Å². The molecule has 0 amide bonds. The van der Waals surface area contributed by atoms with E-state index >= 15 is 0 Å². The molecule has 0 aromatic heterocycles. The first-order valence-corrected chi connectivity index (χ1v) is 6.65. The summed E-state index contributed by atoms with van der Waals surface area (Å²) < 4.78 is 0. The number of nitriles is 1. The standard InChI is InChI=1S/C18H13N3/c1-11-4-6-13-14-7-5-12(20-2)9-16(14)18(15(13)8-11)17(10-19)21-3/h4-9,20H,1-2H3/b18-17-. The molecule has 1 N–H and O–H groups in total. The molecule has 0 radical (unpaired) electrons. The molecular weight excluding hydrogens is 258 g/mol. The molecule has 2 aromatic carbocycles. The lowest BCUT2D eigenvalue weighted by Gasteiger charge is -2.06. The Balaban J connectivity index is 2.42. The molecule has 1 aliphatic carbocycles. The van der Waals surface area contributed by atoms with E-state index in [2.05, 4.69) is 22.3 Å². The molecule has 0 aliphatic heterocycles. The van der Waals surface area contributed by atoms with Crippen LogP contribution in [-0.2, 0) is 0 Å². The SMILES string of the molecule is [C-]#[N+]/C(C#N)=C1/c2cc(C)ccc2-c2ccc(NC)cc21. The van der Waals surface area contributed by atoms with Crippen molar-refractivity contribution < 1.29 is 0 Å². The number of hydrogen-bond donors (Lipinski definition) is 1. The van der Waals surface area contributed by atoms with Crippen LogP contribution in [0.4, 0.5) is 5.69 Å². The van der Waals surface area contributed by atoms with E-state index in [-0.39, 0.29) is 5.70 Å². The molecule has 2 aromatic rings. The molecule has 0 bridgehead atoms. The maximum Gasteiger partial charge on any atom is 0.270 e. The fraction of sp³-hybridized carbons (Fsp3) is 0.111. The highest BCUT2D eigenvalue weighted by Gasteiger charge is 2.26. The molecular formula is C18H13N3. The number of nitrogens with zero attached hydrogens (tertiary/aromatic N) is 2. The highest BCUT2D eigenvalue weighted by atomic mass is 14.8. The zero-order valence-corrected chi connectivity index (χ0v) is 11.9. The van der Waals surface area contributed by atoms with Crippen molar-refractivity contribution in [2.75, 3.05) is 12.4 Å². The Morgan fingerprint density at radius 1 is 1.10 bits per heavy atom. The smallest absolute Gasteiger partial charge is 0.270 e. The van der Waals surface area contributed by atoms with E-state index in [1.165, 1.54) is 0 Å². The van der Waals surface area contributed by atoms with E-state index in [4.69, 9.17) is 6.57 Å². The lowest BCUT2D eigenvalue weighted by atomic mass is 10.0. The van der Waals surface area contributed by atoms with Crippen LogP contribution in [0.1, 0.15) is 16.7 Å². The van der Waals surface area contributed by atoms with Crippen LogP contribution in [0.3, 0.4) is 0 Å². The van der Waals surface area contributed by atoms with Crippen LogP contribution in [-0.4, -0.2) is 7.05 Å². The van der Waals surface area contributed by atoms with Gasteiger partial charge in [0.15, 0.2) is 0 Å². The number of hydrogen-bond acceptors (Lipinski definition) is 2. The van der Waals surface area contributed by atoms with Crippen molar-refractivity contribution in [1.29, 1.82) is 5.26 Å². The second kappa shape index (κ2) is 4.81. The van der Waals surface area contributed by atoms with Crippen molar-refractivity contribution >= 4 is 11.3 Å². The second-order valence-electron chi connectivity index (χ2n) is 5.01. The minimum Gasteiger partial charge on any atom is -0.388 e. The number of aryl methyl sites for hydroxylation is 1. The van der Waals surface area contributed by atoms with Gasteiger partial charge in [0.2, 0.25) is 0 Å². The average Bonchev–Trinajstić information content (AvgIpc) is 2.82. The Labute approximate surface area is 124 Å². The normalized spacial score (nSPS) is 13.7. The Kier molecular flexibility index (Phi) is 2.97. The highest BCUT2D eigenvalue weighted by molar-refractivity contribution is 6.04. The van der Waals surface area contributed by atoms with Crippen LogP contribution in [0.25, 0.3) is 21.5 Å². The first kappa shape index (κ1) is 13.0. The minimum atomic E-state index is 0.147. The summed E-state index contributed by atoms with van der Waals surface area (Å²) in [5, 5.41) is 12.4. The molecule has 0 unspecified atom stereocenters. The molecule has 0 saturated carbocycles. The van der Waals surface area contributed by atoms with Gasteiger partial charge in [-0.05, 0) is 41.3 Å². The topological polar surface area (TPSA) is 40.2 Å². The van der Waals surface area contributed by atoms with E-state index in [0.29, 0.717) is 0 Å². The second-order valence-corrected chi connectivity index (χ2v) is 5.01. The lowest BCUT2D eigenvalue weighted by molar-refractivity contribution is 1.45. The molecule has 3 rings (SSSR count). The molecule has 3 heteroatoms. The molecule has 0 saturated heterocycles. The summed E-state index contributed by atoms with van der Waals surface area (Å²) in [6.45, 7) is 9.31. The molecule has 3 nitrogen and oxygen atoms in total. The number of benzene rings is 2. The van der Waals surface area contributed by atoms with Crippen molar-refractivity contribution in [3.8, 4) is 17.2 Å². The Hall–Kier alpha value is -3.04. The quantitative estimate of drug-likeness (QED) is 0.531. The number of rotatable bonds is 1. The summed E-state index contributed by atoms with van der Waals surface area (Å²) in [5.41, 5.74) is 7.08. The summed E-state index contributed by atoms with van der Waals surface area (Å²) in [5.74, 6) is 0. The summed E-state index contributed by atoms with van der Waals surface area (Å²) >= 11 is 0. The third kappa shape index (κ3) is 1.88. The fourth-order valence-electron chi connectivity index (χ4n) is 2.78. The number of allylic oxidation sites excluding steroid dienone is 1. The molecule has 0 atom stereocenters. The van der Waals surface area contributed by atoms with Gasteiger partial charge in [0, 0.05) is 18.3 Å². The Morgan fingerprint density at radius 2 is 1.76 bits per heavy atom. The number of anilines is 1. The summed E-state index contributed by atoms with van der Waals surface area (Å²) in [4.78, 5) is 3.42. The molecule has 21 heavy (non-hydrogen) atoms. The van der Waals surface area contributed by atoms with Gasteiger partial charge in [-0.3, -0.25) is 0 Å². The summed E-state index contributed by atoms with van der Waals surface area (Å²) in [7, 11) is 1.86. The van der Waals surface area contributed by atoms with Gasteiger partial charge in [0.05, 0.1) is 12.6 Å². The predicted molar refractivity (Wildman–Crippen MR) is 84.4 cm³/mol. The molecule has 100 valence electrons. The lowest BCUT2D eigenvalue weighted by Crippen LogP contribution is -1.90. The summed E-state index contributed by atoms with van der Waals surface area (Å²) in [6.07, 6.45) is 0. The van der Waals surface area contributed by atoms with Crippen LogP contribution in [0, 0.1) is 24.8 Å². The van der Waals surface area contributed by atoms with Crippen LogP contribution in [0.15, 0.2) is 42.1 Å². The third-order valence-corrected chi connectivity index (χ3v) is 3.77. The zero-order chi connectivity index (χ0) is 15.0. The Bertz CT molecular complexity index is 845. The molecule has 0 spiro atoms. The van der Waals surface area contributed by atoms with Crippen LogP contribution in [0.5, 0.6) is 0 Å². The van der Waals surface area contributed by atoms with E-state index < -0.39 is 0 Å². The van der Waals surface area contributed by atoms with Crippen LogP contribution >= 0.6 is 0 Å². The van der Waals surface area contributed by atoms with Gasteiger partial charge in [-0.25, -0.2) is 10.1 Å². The number of fused-ring (bicyclic) bond motifs is 3. The molecule has 1 aliphatic rings. The van der Waals surface area contributed by atoms with Gasteiger partial charge in [-0.2, -0.15) is 0 Å². The van der Waals surface area contributed by atoms with Gasteiger partial charge in [0.1, 0.15) is 0 Å². The van der Waals surface area contributed by atoms with Gasteiger partial charge >= 0.3 is 0 Å². The Morgan fingerprint density at radius 3 is 2.38 bits per heavy atom. The first-order chi connectivity index (χ1) is 10.2. The third-order valence-electron chi connectivity index (χ3n) is 3.77. The van der Waals surface area contributed by atoms with Gasteiger partial charge in [-0.1, -0.05) is 29.8 Å². The largest absolute Gasteiger partial charge is 0.388 e. The van der Waals surface area contributed by atoms with E-state index in [9.17, 15) is 5.26 Å².